The van der Waals surface area contributed by atoms with Crippen molar-refractivity contribution in [3.63, 3.8) is 0 Å². The molecule has 0 unspecified atom stereocenters. The number of nitrogens with zero attached hydrogens (tertiary/aromatic N) is 2. The van der Waals surface area contributed by atoms with Gasteiger partial charge in [0.15, 0.2) is 11.2 Å². The minimum Gasteiger partial charge on any atom is -0.480 e. The number of carbonyl (C=O) groups excluding carboxylic acids is 1. The average molecular weight is 277 g/mol. The van der Waals surface area contributed by atoms with Crippen LogP contribution in [0.3, 0.4) is 0 Å². The number of aliphatic carboxylic acids is 1. The highest BCUT2D eigenvalue weighted by Gasteiger charge is 2.34. The number of hydrogen-bond donors (Lipinski definition) is 1. The Hall–Kier alpha value is -1.18. The standard InChI is InChI=1S/C9H9ClN2O4S/c10-7-6(17-4-11-7)8(13)12-1-2-16-3-5(12)9(14)15/h4-5H,1-3H2,(H,14,15)/t5-/m1/s1. The van der Waals surface area contributed by atoms with Gasteiger partial charge in [-0.05, 0) is 0 Å². The lowest BCUT2D eigenvalue weighted by atomic mass is 10.2. The van der Waals surface area contributed by atoms with Gasteiger partial charge in [0.05, 0.1) is 18.7 Å². The molecule has 0 spiro atoms. The molecule has 0 radical (unpaired) electrons. The summed E-state index contributed by atoms with van der Waals surface area (Å²) in [5, 5.41) is 9.11. The molecule has 1 aromatic heterocycles. The number of hydrogen-bond acceptors (Lipinski definition) is 5. The number of carboxylic acid groups (broad SMARTS) is 1. The van der Waals surface area contributed by atoms with E-state index in [1.165, 1.54) is 10.4 Å². The zero-order valence-corrected chi connectivity index (χ0v) is 10.2. The van der Waals surface area contributed by atoms with E-state index in [9.17, 15) is 9.59 Å². The first-order chi connectivity index (χ1) is 8.11. The quantitative estimate of drug-likeness (QED) is 0.861. The molecule has 1 fully saturated rings. The molecule has 1 aliphatic rings. The summed E-state index contributed by atoms with van der Waals surface area (Å²) < 4.78 is 5.05. The van der Waals surface area contributed by atoms with E-state index in [-0.39, 0.29) is 23.2 Å². The molecule has 1 saturated heterocycles. The van der Waals surface area contributed by atoms with Gasteiger partial charge in [0.1, 0.15) is 4.88 Å². The largest absolute Gasteiger partial charge is 0.480 e. The first-order valence-electron chi connectivity index (χ1n) is 4.81. The topological polar surface area (TPSA) is 79.7 Å². The van der Waals surface area contributed by atoms with Crippen LogP contribution in [-0.4, -0.2) is 52.7 Å². The average Bonchev–Trinajstić information content (AvgIpc) is 2.74. The molecule has 6 nitrogen and oxygen atoms in total. The molecule has 0 aromatic carbocycles. The molecule has 1 amide bonds. The van der Waals surface area contributed by atoms with Crippen molar-refractivity contribution >= 4 is 34.8 Å². The van der Waals surface area contributed by atoms with E-state index in [2.05, 4.69) is 4.98 Å². The number of carboxylic acids is 1. The molecule has 1 aromatic rings. The van der Waals surface area contributed by atoms with Crippen molar-refractivity contribution in [3.8, 4) is 0 Å². The van der Waals surface area contributed by atoms with Gasteiger partial charge in [0, 0.05) is 6.54 Å². The van der Waals surface area contributed by atoms with Crippen molar-refractivity contribution in [2.75, 3.05) is 19.8 Å². The van der Waals surface area contributed by atoms with Crippen LogP contribution in [0, 0.1) is 0 Å². The lowest BCUT2D eigenvalue weighted by molar-refractivity contribution is -0.147. The SMILES string of the molecule is O=C(O)[C@H]1COCCN1C(=O)c1scnc1Cl. The van der Waals surface area contributed by atoms with Gasteiger partial charge in [-0.3, -0.25) is 4.79 Å². The second-order valence-electron chi connectivity index (χ2n) is 3.40. The Kier molecular flexibility index (Phi) is 3.60. The first-order valence-corrected chi connectivity index (χ1v) is 6.07. The summed E-state index contributed by atoms with van der Waals surface area (Å²) in [5.41, 5.74) is 1.45. The zero-order chi connectivity index (χ0) is 12.4. The third-order valence-corrected chi connectivity index (χ3v) is 3.61. The molecular weight excluding hydrogens is 268 g/mol. The predicted molar refractivity (Wildman–Crippen MR) is 60.4 cm³/mol. The number of rotatable bonds is 2. The van der Waals surface area contributed by atoms with E-state index in [4.69, 9.17) is 21.4 Å². The van der Waals surface area contributed by atoms with Crippen LogP contribution in [0.2, 0.25) is 5.15 Å². The second kappa shape index (κ2) is 4.99. The molecule has 1 atom stereocenters. The van der Waals surface area contributed by atoms with Crippen LogP contribution < -0.4 is 0 Å². The summed E-state index contributed by atoms with van der Waals surface area (Å²) in [7, 11) is 0. The van der Waals surface area contributed by atoms with E-state index in [1.807, 2.05) is 0 Å². The Morgan fingerprint density at radius 1 is 1.65 bits per heavy atom. The summed E-state index contributed by atoms with van der Waals surface area (Å²) in [6.07, 6.45) is 0. The number of carbonyl (C=O) groups is 2. The molecule has 0 saturated carbocycles. The third-order valence-electron chi connectivity index (χ3n) is 2.39. The summed E-state index contributed by atoms with van der Waals surface area (Å²) in [5.74, 6) is -1.49. The van der Waals surface area contributed by atoms with Crippen LogP contribution in [0.1, 0.15) is 9.67 Å². The van der Waals surface area contributed by atoms with Crippen molar-refractivity contribution in [2.24, 2.45) is 0 Å². The lowest BCUT2D eigenvalue weighted by Gasteiger charge is -2.32. The van der Waals surface area contributed by atoms with E-state index in [1.54, 1.807) is 0 Å². The van der Waals surface area contributed by atoms with Crippen molar-refractivity contribution < 1.29 is 19.4 Å². The van der Waals surface area contributed by atoms with Crippen molar-refractivity contribution in [3.05, 3.63) is 15.5 Å². The smallest absolute Gasteiger partial charge is 0.328 e. The van der Waals surface area contributed by atoms with Crippen LogP contribution in [0.4, 0.5) is 0 Å². The molecule has 17 heavy (non-hydrogen) atoms. The number of ether oxygens (including phenoxy) is 1. The summed E-state index contributed by atoms with van der Waals surface area (Å²) >= 11 is 6.85. The van der Waals surface area contributed by atoms with Gasteiger partial charge < -0.3 is 14.7 Å². The molecule has 1 aliphatic heterocycles. The second-order valence-corrected chi connectivity index (χ2v) is 4.61. The number of thiazole rings is 1. The van der Waals surface area contributed by atoms with E-state index < -0.39 is 17.9 Å². The van der Waals surface area contributed by atoms with Crippen LogP contribution in [-0.2, 0) is 9.53 Å². The molecule has 0 bridgehead atoms. The predicted octanol–water partition coefficient (Wildman–Crippen LogP) is 0.722. The molecule has 92 valence electrons. The summed E-state index contributed by atoms with van der Waals surface area (Å²) in [6, 6.07) is -0.964. The molecule has 8 heteroatoms. The number of morpholine rings is 1. The highest BCUT2D eigenvalue weighted by atomic mass is 35.5. The van der Waals surface area contributed by atoms with E-state index in [0.717, 1.165) is 11.3 Å². The minimum atomic E-state index is -1.08. The van der Waals surface area contributed by atoms with Crippen LogP contribution in [0.5, 0.6) is 0 Å². The summed E-state index contributed by atoms with van der Waals surface area (Å²) in [4.78, 5) is 28.4. The highest BCUT2D eigenvalue weighted by Crippen LogP contribution is 2.22. The first kappa shape index (κ1) is 12.3. The van der Waals surface area contributed by atoms with Gasteiger partial charge in [0.25, 0.3) is 5.91 Å². The number of aromatic nitrogens is 1. The Bertz CT molecular complexity index is 450. The molecule has 1 N–H and O–H groups in total. The third kappa shape index (κ3) is 2.41. The zero-order valence-electron chi connectivity index (χ0n) is 8.63. The number of halogens is 1. The summed E-state index contributed by atoms with van der Waals surface area (Å²) in [6.45, 7) is 0.563. The molecular formula is C9H9ClN2O4S. The normalized spacial score (nSPS) is 20.3. The van der Waals surface area contributed by atoms with Gasteiger partial charge >= 0.3 is 5.97 Å². The van der Waals surface area contributed by atoms with Crippen molar-refractivity contribution in [1.82, 2.24) is 9.88 Å². The van der Waals surface area contributed by atoms with Gasteiger partial charge in [-0.25, -0.2) is 9.78 Å². The Morgan fingerprint density at radius 3 is 3.00 bits per heavy atom. The van der Waals surface area contributed by atoms with Crippen LogP contribution in [0.25, 0.3) is 0 Å². The molecule has 2 heterocycles. The fraction of sp³-hybridized carbons (Fsp3) is 0.444. The maximum Gasteiger partial charge on any atom is 0.328 e. The van der Waals surface area contributed by atoms with Gasteiger partial charge in [0.2, 0.25) is 0 Å². The van der Waals surface area contributed by atoms with Crippen LogP contribution >= 0.6 is 22.9 Å². The van der Waals surface area contributed by atoms with Crippen molar-refractivity contribution in [1.29, 1.82) is 0 Å². The Balaban J connectivity index is 2.23. The minimum absolute atomic E-state index is 0.00248. The van der Waals surface area contributed by atoms with E-state index >= 15 is 0 Å². The van der Waals surface area contributed by atoms with Gasteiger partial charge in [-0.2, -0.15) is 0 Å². The maximum absolute atomic E-state index is 12.1. The molecule has 2 rings (SSSR count). The monoisotopic (exact) mass is 276 g/mol. The Labute approximate surface area is 106 Å². The highest BCUT2D eigenvalue weighted by molar-refractivity contribution is 7.12. The molecule has 0 aliphatic carbocycles. The lowest BCUT2D eigenvalue weighted by Crippen LogP contribution is -2.52. The maximum atomic E-state index is 12.1. The van der Waals surface area contributed by atoms with Crippen molar-refractivity contribution in [2.45, 2.75) is 6.04 Å². The van der Waals surface area contributed by atoms with Gasteiger partial charge in [-0.15, -0.1) is 11.3 Å². The van der Waals surface area contributed by atoms with Crippen LogP contribution in [0.15, 0.2) is 5.51 Å². The van der Waals surface area contributed by atoms with E-state index in [0.29, 0.717) is 6.61 Å². The fourth-order valence-corrected chi connectivity index (χ4v) is 2.51. The fourth-order valence-electron chi connectivity index (χ4n) is 1.55. The number of amides is 1. The van der Waals surface area contributed by atoms with Gasteiger partial charge in [-0.1, -0.05) is 11.6 Å². The Morgan fingerprint density at radius 2 is 2.41 bits per heavy atom.